The summed E-state index contributed by atoms with van der Waals surface area (Å²) in [4.78, 5) is 26.3. The third kappa shape index (κ3) is 3.81. The Morgan fingerprint density at radius 3 is 2.35 bits per heavy atom. The zero-order valence-corrected chi connectivity index (χ0v) is 10.5. The van der Waals surface area contributed by atoms with Crippen LogP contribution in [0.25, 0.3) is 0 Å². The Kier molecular flexibility index (Phi) is 4.28. The van der Waals surface area contributed by atoms with E-state index in [9.17, 15) is 14.9 Å². The molecule has 20 heavy (non-hydrogen) atoms. The summed E-state index contributed by atoms with van der Waals surface area (Å²) in [6.45, 7) is -0.131. The Labute approximate surface area is 115 Å². The van der Waals surface area contributed by atoms with Gasteiger partial charge < -0.3 is 10.2 Å². The third-order valence-electron chi connectivity index (χ3n) is 2.58. The van der Waals surface area contributed by atoms with E-state index in [1.165, 1.54) is 0 Å². The lowest BCUT2D eigenvalue weighted by Gasteiger charge is -2.06. The number of nitrogens with zero attached hydrogens (tertiary/aromatic N) is 1. The summed E-state index contributed by atoms with van der Waals surface area (Å²) in [6.07, 6.45) is 0. The molecule has 6 heteroatoms. The molecular formula is C14H12N2O4. The summed E-state index contributed by atoms with van der Waals surface area (Å²) in [6, 6.07) is 15.5. The van der Waals surface area contributed by atoms with Gasteiger partial charge in [0.15, 0.2) is 0 Å². The Morgan fingerprint density at radius 2 is 1.75 bits per heavy atom. The van der Waals surface area contributed by atoms with E-state index in [4.69, 9.17) is 0 Å². The topological polar surface area (TPSA) is 81.5 Å². The van der Waals surface area contributed by atoms with Gasteiger partial charge in [-0.25, -0.2) is 0 Å². The lowest BCUT2D eigenvalue weighted by atomic mass is 10.1. The van der Waals surface area contributed by atoms with Crippen LogP contribution in [-0.4, -0.2) is 11.0 Å². The molecule has 0 bridgehead atoms. The summed E-state index contributed by atoms with van der Waals surface area (Å²) in [5, 5.41) is 12.0. The summed E-state index contributed by atoms with van der Waals surface area (Å²) < 4.78 is 0. The lowest BCUT2D eigenvalue weighted by Crippen LogP contribution is -2.11. The van der Waals surface area contributed by atoms with Crippen LogP contribution >= 0.6 is 0 Å². The number of hydrogen-bond donors (Lipinski definition) is 1. The summed E-state index contributed by atoms with van der Waals surface area (Å²) in [5.41, 5.74) is 1.80. The molecule has 0 aliphatic carbocycles. The molecule has 0 radical (unpaired) electrons. The van der Waals surface area contributed by atoms with Crippen molar-refractivity contribution in [3.05, 3.63) is 75.8 Å². The van der Waals surface area contributed by atoms with Crippen molar-refractivity contribution in [3.63, 3.8) is 0 Å². The van der Waals surface area contributed by atoms with E-state index >= 15 is 0 Å². The smallest absolute Gasteiger partial charge is 0.294 e. The van der Waals surface area contributed by atoms with Crippen LogP contribution in [0.2, 0.25) is 0 Å². The molecule has 0 heterocycles. The van der Waals surface area contributed by atoms with Gasteiger partial charge in [0.25, 0.3) is 11.0 Å². The van der Waals surface area contributed by atoms with Gasteiger partial charge in [0.1, 0.15) is 6.61 Å². The van der Waals surface area contributed by atoms with Crippen LogP contribution in [0.1, 0.15) is 15.9 Å². The van der Waals surface area contributed by atoms with Gasteiger partial charge in [-0.05, 0) is 29.8 Å². The third-order valence-corrected chi connectivity index (χ3v) is 2.58. The predicted molar refractivity (Wildman–Crippen MR) is 72.6 cm³/mol. The SMILES string of the molecule is O=C(Nc1ccccc1)c1ccc(CO[N+](=O)[O-])cc1. The zero-order valence-electron chi connectivity index (χ0n) is 10.5. The van der Waals surface area contributed by atoms with Crippen LogP contribution in [0, 0.1) is 10.1 Å². The van der Waals surface area contributed by atoms with Gasteiger partial charge in [-0.2, -0.15) is 0 Å². The zero-order chi connectivity index (χ0) is 14.4. The minimum absolute atomic E-state index is 0.131. The largest absolute Gasteiger partial charge is 0.322 e. The summed E-state index contributed by atoms with van der Waals surface area (Å²) >= 11 is 0. The Balaban J connectivity index is 1.99. The van der Waals surface area contributed by atoms with Crippen molar-refractivity contribution >= 4 is 11.6 Å². The second-order valence-corrected chi connectivity index (χ2v) is 4.01. The first kappa shape index (κ1) is 13.5. The van der Waals surface area contributed by atoms with Crippen molar-refractivity contribution < 1.29 is 14.7 Å². The monoisotopic (exact) mass is 272 g/mol. The number of carbonyl (C=O) groups is 1. The standard InChI is InChI=1S/C14H12N2O4/c17-14(15-13-4-2-1-3-5-13)12-8-6-11(7-9-12)10-20-16(18)19/h1-9H,10H2,(H,15,17). The molecule has 102 valence electrons. The molecule has 0 saturated heterocycles. The number of hydrogen-bond acceptors (Lipinski definition) is 4. The Morgan fingerprint density at radius 1 is 1.10 bits per heavy atom. The Hall–Kier alpha value is -2.89. The molecule has 0 atom stereocenters. The van der Waals surface area contributed by atoms with Crippen LogP contribution < -0.4 is 5.32 Å². The highest BCUT2D eigenvalue weighted by atomic mass is 16.9. The van der Waals surface area contributed by atoms with Crippen molar-refractivity contribution in [2.24, 2.45) is 0 Å². The van der Waals surface area contributed by atoms with Gasteiger partial charge in [-0.15, -0.1) is 10.1 Å². The van der Waals surface area contributed by atoms with Gasteiger partial charge in [0.2, 0.25) is 0 Å². The van der Waals surface area contributed by atoms with Crippen LogP contribution in [0.5, 0.6) is 0 Å². The molecule has 2 rings (SSSR count). The molecule has 2 aromatic rings. The molecule has 6 nitrogen and oxygen atoms in total. The summed E-state index contributed by atoms with van der Waals surface area (Å²) in [5.74, 6) is -0.238. The minimum atomic E-state index is -0.851. The Bertz CT molecular complexity index is 596. The molecule has 0 spiro atoms. The quantitative estimate of drug-likeness (QED) is 0.670. The van der Waals surface area contributed by atoms with E-state index in [1.807, 2.05) is 18.2 Å². The first-order chi connectivity index (χ1) is 9.65. The van der Waals surface area contributed by atoms with Crippen molar-refractivity contribution in [1.29, 1.82) is 0 Å². The molecule has 0 unspecified atom stereocenters. The van der Waals surface area contributed by atoms with Crippen LogP contribution in [0.3, 0.4) is 0 Å². The number of para-hydroxylation sites is 1. The lowest BCUT2D eigenvalue weighted by molar-refractivity contribution is -0.763. The number of rotatable bonds is 5. The van der Waals surface area contributed by atoms with Crippen molar-refractivity contribution in [1.82, 2.24) is 0 Å². The summed E-state index contributed by atoms with van der Waals surface area (Å²) in [7, 11) is 0. The normalized spacial score (nSPS) is 9.80. The average Bonchev–Trinajstić information content (AvgIpc) is 2.46. The number of amides is 1. The molecule has 2 aromatic carbocycles. The van der Waals surface area contributed by atoms with E-state index in [-0.39, 0.29) is 12.5 Å². The van der Waals surface area contributed by atoms with Gasteiger partial charge in [0, 0.05) is 11.3 Å². The fourth-order valence-electron chi connectivity index (χ4n) is 1.60. The van der Waals surface area contributed by atoms with Gasteiger partial charge in [0.05, 0.1) is 0 Å². The van der Waals surface area contributed by atoms with Gasteiger partial charge >= 0.3 is 0 Å². The van der Waals surface area contributed by atoms with E-state index in [2.05, 4.69) is 10.2 Å². The second-order valence-electron chi connectivity index (χ2n) is 4.01. The first-order valence-corrected chi connectivity index (χ1v) is 5.88. The maximum Gasteiger partial charge on any atom is 0.294 e. The molecule has 1 amide bonds. The maximum absolute atomic E-state index is 11.9. The van der Waals surface area contributed by atoms with E-state index in [0.29, 0.717) is 16.8 Å². The van der Waals surface area contributed by atoms with Crippen molar-refractivity contribution in [2.45, 2.75) is 6.61 Å². The van der Waals surface area contributed by atoms with E-state index in [1.54, 1.807) is 36.4 Å². The fraction of sp³-hybridized carbons (Fsp3) is 0.0714. The van der Waals surface area contributed by atoms with E-state index in [0.717, 1.165) is 0 Å². The van der Waals surface area contributed by atoms with Crippen molar-refractivity contribution in [2.75, 3.05) is 5.32 Å². The van der Waals surface area contributed by atoms with E-state index < -0.39 is 5.09 Å². The molecule has 0 aromatic heterocycles. The molecule has 1 N–H and O–H groups in total. The molecule has 0 fully saturated rings. The van der Waals surface area contributed by atoms with Crippen LogP contribution in [-0.2, 0) is 11.4 Å². The number of nitrogens with one attached hydrogen (secondary N) is 1. The highest BCUT2D eigenvalue weighted by Crippen LogP contribution is 2.10. The number of anilines is 1. The second kappa shape index (κ2) is 6.33. The first-order valence-electron chi connectivity index (χ1n) is 5.88. The maximum atomic E-state index is 11.9. The van der Waals surface area contributed by atoms with Gasteiger partial charge in [-0.1, -0.05) is 30.3 Å². The highest BCUT2D eigenvalue weighted by Gasteiger charge is 2.06. The van der Waals surface area contributed by atoms with Crippen molar-refractivity contribution in [3.8, 4) is 0 Å². The fourth-order valence-corrected chi connectivity index (χ4v) is 1.60. The average molecular weight is 272 g/mol. The molecule has 0 saturated carbocycles. The number of carbonyl (C=O) groups excluding carboxylic acids is 1. The highest BCUT2D eigenvalue weighted by molar-refractivity contribution is 6.04. The molecular weight excluding hydrogens is 260 g/mol. The molecule has 0 aliphatic heterocycles. The minimum Gasteiger partial charge on any atom is -0.322 e. The van der Waals surface area contributed by atoms with Crippen LogP contribution in [0.15, 0.2) is 54.6 Å². The number of benzene rings is 2. The molecule has 0 aliphatic rings. The van der Waals surface area contributed by atoms with Crippen LogP contribution in [0.4, 0.5) is 5.69 Å². The predicted octanol–water partition coefficient (Wildman–Crippen LogP) is 2.65. The van der Waals surface area contributed by atoms with Gasteiger partial charge in [-0.3, -0.25) is 4.79 Å².